The standard InChI is InChI=1S/C24H44/c1-11(2)20-18(9)22(20)16(7)17(8)24-19(10)23(24)15(6)14(5)21-12(3)13(21)4/h11-24H,1-10H3. The lowest BCUT2D eigenvalue weighted by atomic mass is 9.80. The maximum Gasteiger partial charge on any atom is -0.0323 e. The van der Waals surface area contributed by atoms with E-state index in [4.69, 9.17) is 0 Å². The summed E-state index contributed by atoms with van der Waals surface area (Å²) in [5, 5.41) is 0. The molecule has 140 valence electrons. The van der Waals surface area contributed by atoms with Crippen LogP contribution in [0.25, 0.3) is 0 Å². The molecule has 0 aromatic rings. The summed E-state index contributed by atoms with van der Waals surface area (Å²) in [7, 11) is 0. The van der Waals surface area contributed by atoms with Crippen molar-refractivity contribution in [3.8, 4) is 0 Å². The second-order valence-corrected chi connectivity index (χ2v) is 11.0. The van der Waals surface area contributed by atoms with Gasteiger partial charge in [-0.05, 0) is 82.9 Å². The van der Waals surface area contributed by atoms with Crippen molar-refractivity contribution in [3.63, 3.8) is 0 Å². The zero-order valence-corrected chi connectivity index (χ0v) is 18.1. The molecule has 0 amide bonds. The van der Waals surface area contributed by atoms with Gasteiger partial charge in [0.1, 0.15) is 0 Å². The number of hydrogen-bond donors (Lipinski definition) is 0. The van der Waals surface area contributed by atoms with Crippen LogP contribution < -0.4 is 0 Å². The van der Waals surface area contributed by atoms with Crippen LogP contribution in [0.2, 0.25) is 0 Å². The van der Waals surface area contributed by atoms with Gasteiger partial charge in [-0.3, -0.25) is 0 Å². The highest BCUT2D eigenvalue weighted by molar-refractivity contribution is 5.07. The Kier molecular flexibility index (Phi) is 4.94. The van der Waals surface area contributed by atoms with Crippen LogP contribution in [-0.4, -0.2) is 0 Å². The van der Waals surface area contributed by atoms with E-state index >= 15 is 0 Å². The third-order valence-electron chi connectivity index (χ3n) is 9.80. The molecule has 0 spiro atoms. The third kappa shape index (κ3) is 2.88. The maximum absolute atomic E-state index is 2.59. The average Bonchev–Trinajstić information content (AvgIpc) is 3.44. The Bertz CT molecular complexity index is 424. The SMILES string of the molecule is CC(C)C1C(C)C1C(C)C(C)C1C(C)C1C(C)C(C)C1C(C)C1C. The second kappa shape index (κ2) is 6.31. The fourth-order valence-electron chi connectivity index (χ4n) is 7.65. The van der Waals surface area contributed by atoms with E-state index in [2.05, 4.69) is 69.2 Å². The Morgan fingerprint density at radius 1 is 0.375 bits per heavy atom. The van der Waals surface area contributed by atoms with E-state index in [1.165, 1.54) is 0 Å². The van der Waals surface area contributed by atoms with Crippen molar-refractivity contribution in [3.05, 3.63) is 0 Å². The summed E-state index contributed by atoms with van der Waals surface area (Å²) >= 11 is 0. The van der Waals surface area contributed by atoms with Crippen LogP contribution in [0.1, 0.15) is 69.2 Å². The van der Waals surface area contributed by atoms with E-state index in [1.54, 1.807) is 0 Å². The molecule has 0 aliphatic heterocycles. The number of rotatable bonds is 7. The fraction of sp³-hybridized carbons (Fsp3) is 1.00. The Morgan fingerprint density at radius 3 is 0.958 bits per heavy atom. The van der Waals surface area contributed by atoms with Crippen molar-refractivity contribution in [1.82, 2.24) is 0 Å². The first-order valence-electron chi connectivity index (χ1n) is 11.1. The van der Waals surface area contributed by atoms with Gasteiger partial charge in [0.25, 0.3) is 0 Å². The van der Waals surface area contributed by atoms with Crippen molar-refractivity contribution in [2.45, 2.75) is 69.2 Å². The van der Waals surface area contributed by atoms with Gasteiger partial charge in [0.15, 0.2) is 0 Å². The van der Waals surface area contributed by atoms with Gasteiger partial charge in [-0.25, -0.2) is 0 Å². The maximum atomic E-state index is 2.59. The first-order chi connectivity index (χ1) is 11.1. The van der Waals surface area contributed by atoms with Gasteiger partial charge >= 0.3 is 0 Å². The zero-order valence-electron chi connectivity index (χ0n) is 18.1. The molecule has 3 fully saturated rings. The van der Waals surface area contributed by atoms with Gasteiger partial charge in [-0.15, -0.1) is 0 Å². The summed E-state index contributed by atoms with van der Waals surface area (Å²) < 4.78 is 0. The monoisotopic (exact) mass is 332 g/mol. The van der Waals surface area contributed by atoms with Crippen LogP contribution in [0.3, 0.4) is 0 Å². The molecule has 3 aliphatic rings. The van der Waals surface area contributed by atoms with Crippen LogP contribution in [0.15, 0.2) is 0 Å². The van der Waals surface area contributed by atoms with Crippen molar-refractivity contribution in [1.29, 1.82) is 0 Å². The van der Waals surface area contributed by atoms with E-state index in [1.807, 2.05) is 0 Å². The topological polar surface area (TPSA) is 0 Å². The molecule has 0 nitrogen and oxygen atoms in total. The average molecular weight is 333 g/mol. The van der Waals surface area contributed by atoms with E-state index in [0.29, 0.717) is 0 Å². The van der Waals surface area contributed by atoms with E-state index in [0.717, 1.165) is 82.9 Å². The molecular weight excluding hydrogens is 288 g/mol. The first kappa shape index (κ1) is 18.8. The predicted octanol–water partition coefficient (Wildman–Crippen LogP) is 6.85. The van der Waals surface area contributed by atoms with Gasteiger partial charge in [-0.2, -0.15) is 0 Å². The van der Waals surface area contributed by atoms with Gasteiger partial charge < -0.3 is 0 Å². The highest BCUT2D eigenvalue weighted by Crippen LogP contribution is 2.64. The Morgan fingerprint density at radius 2 is 0.667 bits per heavy atom. The van der Waals surface area contributed by atoms with Crippen LogP contribution in [0.4, 0.5) is 0 Å². The smallest absolute Gasteiger partial charge is 0.0323 e. The minimum absolute atomic E-state index is 0.879. The lowest BCUT2D eigenvalue weighted by molar-refractivity contribution is 0.231. The molecule has 0 heteroatoms. The zero-order chi connectivity index (χ0) is 18.1. The molecule has 12 unspecified atom stereocenters. The normalized spacial score (nSPS) is 51.9. The van der Waals surface area contributed by atoms with E-state index in [9.17, 15) is 0 Å². The van der Waals surface area contributed by atoms with Crippen molar-refractivity contribution in [2.75, 3.05) is 0 Å². The van der Waals surface area contributed by atoms with Crippen molar-refractivity contribution < 1.29 is 0 Å². The molecule has 0 N–H and O–H groups in total. The summed E-state index contributed by atoms with van der Waals surface area (Å²) in [6, 6.07) is 0. The number of hydrogen-bond acceptors (Lipinski definition) is 0. The summed E-state index contributed by atoms with van der Waals surface area (Å²) in [4.78, 5) is 0. The van der Waals surface area contributed by atoms with Crippen LogP contribution in [-0.2, 0) is 0 Å². The second-order valence-electron chi connectivity index (χ2n) is 11.0. The Hall–Kier alpha value is 0. The Labute approximate surface area is 152 Å². The molecule has 0 saturated heterocycles. The van der Waals surface area contributed by atoms with Gasteiger partial charge in [0, 0.05) is 0 Å². The molecule has 0 radical (unpaired) electrons. The van der Waals surface area contributed by atoms with Gasteiger partial charge in [-0.1, -0.05) is 69.2 Å². The van der Waals surface area contributed by atoms with Crippen LogP contribution in [0.5, 0.6) is 0 Å². The third-order valence-corrected chi connectivity index (χ3v) is 9.80. The Balaban J connectivity index is 1.58. The van der Waals surface area contributed by atoms with E-state index < -0.39 is 0 Å². The summed E-state index contributed by atoms with van der Waals surface area (Å²) in [6.07, 6.45) is 0. The first-order valence-corrected chi connectivity index (χ1v) is 11.1. The molecule has 0 bridgehead atoms. The van der Waals surface area contributed by atoms with Crippen LogP contribution >= 0.6 is 0 Å². The largest absolute Gasteiger partial charge is 0.0625 e. The molecule has 0 aromatic heterocycles. The molecule has 3 rings (SSSR count). The lowest BCUT2D eigenvalue weighted by Crippen LogP contribution is -2.19. The molecule has 12 atom stereocenters. The highest BCUT2D eigenvalue weighted by Gasteiger charge is 2.60. The highest BCUT2D eigenvalue weighted by atomic mass is 14.6. The molecule has 3 saturated carbocycles. The van der Waals surface area contributed by atoms with Crippen molar-refractivity contribution in [2.24, 2.45) is 82.9 Å². The minimum Gasteiger partial charge on any atom is -0.0625 e. The summed E-state index contributed by atoms with van der Waals surface area (Å²) in [5.41, 5.74) is 0. The van der Waals surface area contributed by atoms with Crippen LogP contribution in [0, 0.1) is 82.9 Å². The predicted molar refractivity (Wildman–Crippen MR) is 106 cm³/mol. The van der Waals surface area contributed by atoms with E-state index in [-0.39, 0.29) is 0 Å². The quantitative estimate of drug-likeness (QED) is 0.478. The van der Waals surface area contributed by atoms with Crippen molar-refractivity contribution >= 4 is 0 Å². The molecule has 3 aliphatic carbocycles. The molecule has 24 heavy (non-hydrogen) atoms. The van der Waals surface area contributed by atoms with Gasteiger partial charge in [0.05, 0.1) is 0 Å². The van der Waals surface area contributed by atoms with Gasteiger partial charge in [0.2, 0.25) is 0 Å². The molecule has 0 heterocycles. The summed E-state index contributed by atoms with van der Waals surface area (Å²) in [5.74, 6) is 13.5. The molecular formula is C24H44. The lowest BCUT2D eigenvalue weighted by Gasteiger charge is -2.25. The summed E-state index contributed by atoms with van der Waals surface area (Å²) in [6.45, 7) is 25.2. The molecule has 0 aromatic carbocycles. The fourth-order valence-corrected chi connectivity index (χ4v) is 7.65. The minimum atomic E-state index is 0.879.